The molecule has 0 aromatic heterocycles. The number of likely N-dealkylation sites (N-methyl/N-ethyl adjacent to an activating group) is 1. The van der Waals surface area contributed by atoms with Crippen molar-refractivity contribution in [2.24, 2.45) is 5.92 Å². The summed E-state index contributed by atoms with van der Waals surface area (Å²) in [5.41, 5.74) is 8.36. The molecule has 0 radical (unpaired) electrons. The summed E-state index contributed by atoms with van der Waals surface area (Å²) in [4.78, 5) is 14.4. The summed E-state index contributed by atoms with van der Waals surface area (Å²) >= 11 is 0. The second-order valence-corrected chi connectivity index (χ2v) is 6.38. The van der Waals surface area contributed by atoms with Crippen LogP contribution >= 0.6 is 0 Å². The van der Waals surface area contributed by atoms with Crippen LogP contribution in [-0.2, 0) is 4.79 Å². The van der Waals surface area contributed by atoms with Crippen molar-refractivity contribution in [2.45, 2.75) is 45.6 Å². The van der Waals surface area contributed by atoms with Crippen molar-refractivity contribution in [3.63, 3.8) is 0 Å². The van der Waals surface area contributed by atoms with Gasteiger partial charge < -0.3 is 11.1 Å². The molecule has 0 aliphatic heterocycles. The van der Waals surface area contributed by atoms with Crippen LogP contribution in [0.2, 0.25) is 0 Å². The molecule has 4 nitrogen and oxygen atoms in total. The molecule has 1 amide bonds. The largest absolute Gasteiger partial charge is 0.397 e. The monoisotopic (exact) mass is 289 g/mol. The third-order valence-electron chi connectivity index (χ3n) is 4.51. The minimum Gasteiger partial charge on any atom is -0.397 e. The molecule has 21 heavy (non-hydrogen) atoms. The summed E-state index contributed by atoms with van der Waals surface area (Å²) < 4.78 is 0. The van der Waals surface area contributed by atoms with E-state index < -0.39 is 0 Å². The van der Waals surface area contributed by atoms with Crippen molar-refractivity contribution < 1.29 is 4.79 Å². The van der Waals surface area contributed by atoms with Gasteiger partial charge in [-0.25, -0.2) is 0 Å². The fraction of sp³-hybridized carbons (Fsp3) is 0.588. The van der Waals surface area contributed by atoms with Crippen molar-refractivity contribution >= 4 is 17.3 Å². The van der Waals surface area contributed by atoms with Gasteiger partial charge in [0.15, 0.2) is 0 Å². The number of rotatable bonds is 4. The van der Waals surface area contributed by atoms with E-state index in [0.29, 0.717) is 29.9 Å². The van der Waals surface area contributed by atoms with Gasteiger partial charge in [0.1, 0.15) is 0 Å². The topological polar surface area (TPSA) is 58.4 Å². The minimum atomic E-state index is 0.00539. The van der Waals surface area contributed by atoms with Gasteiger partial charge in [0.2, 0.25) is 5.91 Å². The second-order valence-electron chi connectivity index (χ2n) is 6.38. The van der Waals surface area contributed by atoms with Crippen LogP contribution in [0.5, 0.6) is 0 Å². The van der Waals surface area contributed by atoms with E-state index in [0.717, 1.165) is 5.56 Å². The van der Waals surface area contributed by atoms with Crippen LogP contribution in [0.4, 0.5) is 11.4 Å². The standard InChI is InChI=1S/C17H27N3O/c1-12-8-9-15(14(18)10-12)19-17(21)11-20(3)16-7-5-4-6-13(16)2/h8-10,13,16H,4-7,11,18H2,1-3H3,(H,19,21). The number of benzene rings is 1. The number of aryl methyl sites for hydroxylation is 1. The molecule has 2 rings (SSSR count). The van der Waals surface area contributed by atoms with Crippen LogP contribution in [0.3, 0.4) is 0 Å². The lowest BCUT2D eigenvalue weighted by atomic mass is 9.85. The molecule has 0 saturated heterocycles. The zero-order chi connectivity index (χ0) is 15.4. The van der Waals surface area contributed by atoms with Crippen LogP contribution in [0.25, 0.3) is 0 Å². The van der Waals surface area contributed by atoms with Gasteiger partial charge in [-0.2, -0.15) is 0 Å². The highest BCUT2D eigenvalue weighted by atomic mass is 16.2. The molecular formula is C17H27N3O. The molecule has 0 heterocycles. The van der Waals surface area contributed by atoms with Crippen molar-refractivity contribution in [1.29, 1.82) is 0 Å². The Hall–Kier alpha value is -1.55. The third-order valence-corrected chi connectivity index (χ3v) is 4.51. The van der Waals surface area contributed by atoms with Crippen molar-refractivity contribution in [3.05, 3.63) is 23.8 Å². The minimum absolute atomic E-state index is 0.00539. The summed E-state index contributed by atoms with van der Waals surface area (Å²) in [6.45, 7) is 4.69. The lowest BCUT2D eigenvalue weighted by Gasteiger charge is -2.35. The molecule has 2 atom stereocenters. The van der Waals surface area contributed by atoms with Crippen LogP contribution in [0.1, 0.15) is 38.2 Å². The molecule has 1 saturated carbocycles. The number of nitrogens with two attached hydrogens (primary N) is 1. The van der Waals surface area contributed by atoms with Gasteiger partial charge in [-0.3, -0.25) is 9.69 Å². The van der Waals surface area contributed by atoms with E-state index in [1.54, 1.807) is 0 Å². The van der Waals surface area contributed by atoms with Crippen LogP contribution in [0, 0.1) is 12.8 Å². The smallest absolute Gasteiger partial charge is 0.238 e. The predicted molar refractivity (Wildman–Crippen MR) is 88.3 cm³/mol. The zero-order valence-corrected chi connectivity index (χ0v) is 13.4. The van der Waals surface area contributed by atoms with Gasteiger partial charge in [-0.1, -0.05) is 25.8 Å². The van der Waals surface area contributed by atoms with E-state index in [1.807, 2.05) is 32.2 Å². The number of nitrogens with zero attached hydrogens (tertiary/aromatic N) is 1. The highest BCUT2D eigenvalue weighted by molar-refractivity contribution is 5.95. The number of nitrogen functional groups attached to an aromatic ring is 1. The number of carbonyl (C=O) groups is 1. The maximum Gasteiger partial charge on any atom is 0.238 e. The molecule has 1 aromatic carbocycles. The molecule has 1 aliphatic carbocycles. The molecule has 2 unspecified atom stereocenters. The molecule has 1 aliphatic rings. The fourth-order valence-electron chi connectivity index (χ4n) is 3.28. The number of amides is 1. The Morgan fingerprint density at radius 3 is 2.76 bits per heavy atom. The summed E-state index contributed by atoms with van der Waals surface area (Å²) in [6, 6.07) is 6.22. The summed E-state index contributed by atoms with van der Waals surface area (Å²) in [5, 5.41) is 2.92. The van der Waals surface area contributed by atoms with E-state index in [2.05, 4.69) is 17.1 Å². The maximum absolute atomic E-state index is 12.2. The molecule has 3 N–H and O–H groups in total. The van der Waals surface area contributed by atoms with Gasteiger partial charge in [0.05, 0.1) is 17.9 Å². The molecule has 0 spiro atoms. The Kier molecular flexibility index (Phi) is 5.23. The number of carbonyl (C=O) groups excluding carboxylic acids is 1. The van der Waals surface area contributed by atoms with E-state index in [-0.39, 0.29) is 5.91 Å². The van der Waals surface area contributed by atoms with Gasteiger partial charge in [0.25, 0.3) is 0 Å². The van der Waals surface area contributed by atoms with Gasteiger partial charge in [0, 0.05) is 6.04 Å². The predicted octanol–water partition coefficient (Wildman–Crippen LogP) is 3.03. The van der Waals surface area contributed by atoms with Gasteiger partial charge in [-0.15, -0.1) is 0 Å². The molecule has 0 bridgehead atoms. The molecule has 1 fully saturated rings. The third kappa shape index (κ3) is 4.21. The maximum atomic E-state index is 12.2. The summed E-state index contributed by atoms with van der Waals surface area (Å²) in [7, 11) is 2.05. The van der Waals surface area contributed by atoms with Crippen LogP contribution in [-0.4, -0.2) is 30.4 Å². The van der Waals surface area contributed by atoms with Crippen LogP contribution < -0.4 is 11.1 Å². The molecule has 116 valence electrons. The Labute approximate surface area is 127 Å². The van der Waals surface area contributed by atoms with E-state index in [9.17, 15) is 4.79 Å². The molecule has 4 heteroatoms. The van der Waals surface area contributed by atoms with Gasteiger partial charge >= 0.3 is 0 Å². The lowest BCUT2D eigenvalue weighted by Crippen LogP contribution is -2.42. The van der Waals surface area contributed by atoms with Crippen molar-refractivity contribution in [3.8, 4) is 0 Å². The van der Waals surface area contributed by atoms with E-state index in [1.165, 1.54) is 25.7 Å². The second kappa shape index (κ2) is 6.94. The highest BCUT2D eigenvalue weighted by Crippen LogP contribution is 2.27. The number of nitrogens with one attached hydrogen (secondary N) is 1. The van der Waals surface area contributed by atoms with Crippen LogP contribution in [0.15, 0.2) is 18.2 Å². The Bertz CT molecular complexity index is 501. The summed E-state index contributed by atoms with van der Waals surface area (Å²) in [5.74, 6) is 0.673. The van der Waals surface area contributed by atoms with Crippen molar-refractivity contribution in [2.75, 3.05) is 24.6 Å². The summed E-state index contributed by atoms with van der Waals surface area (Å²) in [6.07, 6.45) is 5.04. The fourth-order valence-corrected chi connectivity index (χ4v) is 3.28. The van der Waals surface area contributed by atoms with Gasteiger partial charge in [-0.05, 0) is 50.4 Å². The highest BCUT2D eigenvalue weighted by Gasteiger charge is 2.26. The first kappa shape index (κ1) is 15.8. The number of hydrogen-bond acceptors (Lipinski definition) is 3. The molecule has 1 aromatic rings. The normalized spacial score (nSPS) is 22.3. The Balaban J connectivity index is 1.91. The van der Waals surface area contributed by atoms with E-state index >= 15 is 0 Å². The first-order valence-electron chi connectivity index (χ1n) is 7.83. The molecular weight excluding hydrogens is 262 g/mol. The quantitative estimate of drug-likeness (QED) is 0.838. The number of hydrogen-bond donors (Lipinski definition) is 2. The first-order valence-corrected chi connectivity index (χ1v) is 7.83. The average Bonchev–Trinajstić information content (AvgIpc) is 2.42. The average molecular weight is 289 g/mol. The Morgan fingerprint density at radius 2 is 2.10 bits per heavy atom. The Morgan fingerprint density at radius 1 is 1.38 bits per heavy atom. The first-order chi connectivity index (χ1) is 9.97. The van der Waals surface area contributed by atoms with E-state index in [4.69, 9.17) is 5.73 Å². The lowest BCUT2D eigenvalue weighted by molar-refractivity contribution is -0.117. The van der Waals surface area contributed by atoms with Crippen molar-refractivity contribution in [1.82, 2.24) is 4.90 Å². The number of anilines is 2. The zero-order valence-electron chi connectivity index (χ0n) is 13.4. The SMILES string of the molecule is Cc1ccc(NC(=O)CN(C)C2CCCCC2C)c(N)c1.